The van der Waals surface area contributed by atoms with Crippen LogP contribution in [0.15, 0.2) is 29.6 Å². The highest BCUT2D eigenvalue weighted by Gasteiger charge is 2.21. The van der Waals surface area contributed by atoms with E-state index in [0.717, 1.165) is 55.4 Å². The van der Waals surface area contributed by atoms with Crippen molar-refractivity contribution in [2.75, 3.05) is 32.1 Å². The Labute approximate surface area is 156 Å². The molecule has 1 aromatic heterocycles. The van der Waals surface area contributed by atoms with Crippen molar-refractivity contribution in [2.45, 2.75) is 19.4 Å². The topological polar surface area (TPSA) is 36.4 Å². The summed E-state index contributed by atoms with van der Waals surface area (Å²) in [4.78, 5) is 20.9. The van der Waals surface area contributed by atoms with E-state index >= 15 is 0 Å². The van der Waals surface area contributed by atoms with Crippen LogP contribution >= 0.6 is 22.9 Å². The van der Waals surface area contributed by atoms with Gasteiger partial charge in [0.05, 0.1) is 12.2 Å². The van der Waals surface area contributed by atoms with Gasteiger partial charge in [0.25, 0.3) is 0 Å². The van der Waals surface area contributed by atoms with Gasteiger partial charge in [0.1, 0.15) is 10.8 Å². The molecule has 1 saturated heterocycles. The Hall–Kier alpha value is -1.50. The Morgan fingerprint density at radius 1 is 1.20 bits per heavy atom. The number of carbonyl (C=O) groups excluding carboxylic acids is 1. The van der Waals surface area contributed by atoms with Crippen LogP contribution in [-0.2, 0) is 11.3 Å². The number of amides is 1. The molecule has 25 heavy (non-hydrogen) atoms. The van der Waals surface area contributed by atoms with E-state index in [1.165, 1.54) is 12.1 Å². The molecule has 2 aromatic rings. The summed E-state index contributed by atoms with van der Waals surface area (Å²) in [7, 11) is 0. The molecule has 134 valence electrons. The zero-order valence-corrected chi connectivity index (χ0v) is 15.5. The first-order valence-corrected chi connectivity index (χ1v) is 9.83. The lowest BCUT2D eigenvalue weighted by atomic mass is 10.2. The first-order chi connectivity index (χ1) is 12.2. The molecule has 4 nitrogen and oxygen atoms in total. The molecule has 0 spiro atoms. The third kappa shape index (κ3) is 5.00. The summed E-state index contributed by atoms with van der Waals surface area (Å²) in [6.45, 7) is 4.03. The van der Waals surface area contributed by atoms with E-state index in [-0.39, 0.29) is 11.7 Å². The maximum atomic E-state index is 13.0. The van der Waals surface area contributed by atoms with E-state index < -0.39 is 0 Å². The fourth-order valence-electron chi connectivity index (χ4n) is 2.86. The molecule has 1 aliphatic heterocycles. The predicted molar refractivity (Wildman–Crippen MR) is 99.3 cm³/mol. The number of halogens is 2. The van der Waals surface area contributed by atoms with Crippen molar-refractivity contribution < 1.29 is 9.18 Å². The molecule has 0 atom stereocenters. The zero-order chi connectivity index (χ0) is 17.6. The molecular weight excluding hydrogens is 361 g/mol. The Kier molecular flexibility index (Phi) is 6.39. The fraction of sp³-hybridized carbons (Fsp3) is 0.444. The Bertz CT molecular complexity index is 699. The molecule has 3 rings (SSSR count). The molecule has 1 aromatic carbocycles. The number of hydrogen-bond acceptors (Lipinski definition) is 4. The summed E-state index contributed by atoms with van der Waals surface area (Å²) in [6.07, 6.45) is 1.28. The van der Waals surface area contributed by atoms with Crippen molar-refractivity contribution in [3.63, 3.8) is 0 Å². The monoisotopic (exact) mass is 381 g/mol. The molecule has 0 unspecified atom stereocenters. The molecule has 0 aliphatic carbocycles. The van der Waals surface area contributed by atoms with Crippen molar-refractivity contribution >= 4 is 28.8 Å². The Morgan fingerprint density at radius 2 is 1.92 bits per heavy atom. The molecule has 0 radical (unpaired) electrons. The summed E-state index contributed by atoms with van der Waals surface area (Å²) < 4.78 is 13.0. The molecule has 0 N–H and O–H groups in total. The third-order valence-corrected chi connectivity index (χ3v) is 5.40. The van der Waals surface area contributed by atoms with Gasteiger partial charge in [-0.25, -0.2) is 9.37 Å². The van der Waals surface area contributed by atoms with E-state index in [2.05, 4.69) is 9.88 Å². The highest BCUT2D eigenvalue weighted by molar-refractivity contribution is 7.09. The molecule has 0 bridgehead atoms. The molecule has 2 heterocycles. The van der Waals surface area contributed by atoms with Crippen molar-refractivity contribution in [3.05, 3.63) is 40.5 Å². The van der Waals surface area contributed by atoms with Crippen LogP contribution < -0.4 is 0 Å². The summed E-state index contributed by atoms with van der Waals surface area (Å²) in [6, 6.07) is 6.41. The standard InChI is InChI=1S/C18H21ClFN3OS/c19-7-1-2-18(24)23-10-8-22(9-11-23)12-17-21-16(13-25-17)14-3-5-15(20)6-4-14/h3-6,13H,1-2,7-12H2. The van der Waals surface area contributed by atoms with Gasteiger partial charge in [-0.3, -0.25) is 9.69 Å². The number of aromatic nitrogens is 1. The second-order valence-corrected chi connectivity index (χ2v) is 7.40. The van der Waals surface area contributed by atoms with Gasteiger partial charge < -0.3 is 4.90 Å². The van der Waals surface area contributed by atoms with Crippen LogP contribution in [0, 0.1) is 5.82 Å². The third-order valence-electron chi connectivity index (χ3n) is 4.30. The molecule has 7 heteroatoms. The van der Waals surface area contributed by atoms with E-state index in [1.54, 1.807) is 23.5 Å². The van der Waals surface area contributed by atoms with Crippen LogP contribution in [0.1, 0.15) is 17.8 Å². The molecular formula is C18H21ClFN3OS. The van der Waals surface area contributed by atoms with Gasteiger partial charge in [0, 0.05) is 49.4 Å². The lowest BCUT2D eigenvalue weighted by Crippen LogP contribution is -2.48. The van der Waals surface area contributed by atoms with E-state index in [4.69, 9.17) is 11.6 Å². The van der Waals surface area contributed by atoms with Crippen LogP contribution in [0.25, 0.3) is 11.3 Å². The first-order valence-electron chi connectivity index (χ1n) is 8.42. The fourth-order valence-corrected chi connectivity index (χ4v) is 3.84. The minimum Gasteiger partial charge on any atom is -0.340 e. The predicted octanol–water partition coefficient (Wildman–Crippen LogP) is 3.61. The molecule has 1 aliphatic rings. The largest absolute Gasteiger partial charge is 0.340 e. The minimum absolute atomic E-state index is 0.202. The summed E-state index contributed by atoms with van der Waals surface area (Å²) in [5.41, 5.74) is 1.81. The van der Waals surface area contributed by atoms with E-state index in [9.17, 15) is 9.18 Å². The maximum absolute atomic E-state index is 13.0. The number of piperazine rings is 1. The minimum atomic E-state index is -0.238. The summed E-state index contributed by atoms with van der Waals surface area (Å²) in [5, 5.41) is 3.05. The van der Waals surface area contributed by atoms with Gasteiger partial charge in [0.2, 0.25) is 5.91 Å². The lowest BCUT2D eigenvalue weighted by Gasteiger charge is -2.34. The smallest absolute Gasteiger partial charge is 0.222 e. The highest BCUT2D eigenvalue weighted by atomic mass is 35.5. The van der Waals surface area contributed by atoms with E-state index in [1.807, 2.05) is 10.3 Å². The van der Waals surface area contributed by atoms with Crippen molar-refractivity contribution in [3.8, 4) is 11.3 Å². The SMILES string of the molecule is O=C(CCCCl)N1CCN(Cc2nc(-c3ccc(F)cc3)cs2)CC1. The van der Waals surface area contributed by atoms with Crippen molar-refractivity contribution in [1.82, 2.24) is 14.8 Å². The molecule has 1 amide bonds. The van der Waals surface area contributed by atoms with E-state index in [0.29, 0.717) is 12.3 Å². The maximum Gasteiger partial charge on any atom is 0.222 e. The number of nitrogens with zero attached hydrogens (tertiary/aromatic N) is 3. The number of thiazole rings is 1. The Balaban J connectivity index is 1.51. The van der Waals surface area contributed by atoms with Crippen LogP contribution in [0.4, 0.5) is 4.39 Å². The highest BCUT2D eigenvalue weighted by Crippen LogP contribution is 2.23. The van der Waals surface area contributed by atoms with Gasteiger partial charge in [0.15, 0.2) is 0 Å². The summed E-state index contributed by atoms with van der Waals surface area (Å²) in [5.74, 6) is 0.498. The Morgan fingerprint density at radius 3 is 2.60 bits per heavy atom. The van der Waals surface area contributed by atoms with Gasteiger partial charge in [-0.2, -0.15) is 0 Å². The van der Waals surface area contributed by atoms with Gasteiger partial charge >= 0.3 is 0 Å². The zero-order valence-electron chi connectivity index (χ0n) is 14.0. The van der Waals surface area contributed by atoms with Gasteiger partial charge in [-0.1, -0.05) is 0 Å². The number of rotatable bonds is 6. The average Bonchev–Trinajstić information content (AvgIpc) is 3.09. The van der Waals surface area contributed by atoms with Crippen molar-refractivity contribution in [1.29, 1.82) is 0 Å². The van der Waals surface area contributed by atoms with Crippen LogP contribution in [-0.4, -0.2) is 52.8 Å². The number of benzene rings is 1. The van der Waals surface area contributed by atoms with Crippen molar-refractivity contribution in [2.24, 2.45) is 0 Å². The number of alkyl halides is 1. The molecule has 0 saturated carbocycles. The normalized spacial score (nSPS) is 15.5. The second kappa shape index (κ2) is 8.74. The van der Waals surface area contributed by atoms with Crippen LogP contribution in [0.2, 0.25) is 0 Å². The van der Waals surface area contributed by atoms with Gasteiger partial charge in [-0.05, 0) is 30.7 Å². The second-order valence-electron chi connectivity index (χ2n) is 6.08. The summed E-state index contributed by atoms with van der Waals surface area (Å²) >= 11 is 7.27. The lowest BCUT2D eigenvalue weighted by molar-refractivity contribution is -0.133. The average molecular weight is 382 g/mol. The van der Waals surface area contributed by atoms with Crippen LogP contribution in [0.5, 0.6) is 0 Å². The number of carbonyl (C=O) groups is 1. The van der Waals surface area contributed by atoms with Crippen LogP contribution in [0.3, 0.4) is 0 Å². The number of hydrogen-bond donors (Lipinski definition) is 0. The van der Waals surface area contributed by atoms with Gasteiger partial charge in [-0.15, -0.1) is 22.9 Å². The first kappa shape index (κ1) is 18.3. The quantitative estimate of drug-likeness (QED) is 0.717. The molecule has 1 fully saturated rings.